The van der Waals surface area contributed by atoms with E-state index in [1.807, 2.05) is 25.1 Å². The molecule has 3 heterocycles. The largest absolute Gasteiger partial charge is 0.352 e. The minimum atomic E-state index is 0.0990. The molecular formula is C15H24N4O. The number of hydrogen-bond acceptors (Lipinski definition) is 3. The lowest BCUT2D eigenvalue weighted by atomic mass is 10.1. The van der Waals surface area contributed by atoms with E-state index in [2.05, 4.69) is 14.5 Å². The molecule has 2 aliphatic heterocycles. The molecule has 3 rings (SSSR count). The van der Waals surface area contributed by atoms with Crippen LogP contribution in [0.25, 0.3) is 0 Å². The summed E-state index contributed by atoms with van der Waals surface area (Å²) in [7, 11) is 0. The van der Waals surface area contributed by atoms with Gasteiger partial charge in [0.1, 0.15) is 5.82 Å². The molecule has 5 nitrogen and oxygen atoms in total. The maximum atomic E-state index is 12.0. The zero-order valence-corrected chi connectivity index (χ0v) is 12.5. The van der Waals surface area contributed by atoms with Crippen LogP contribution in [0, 0.1) is 5.92 Å². The summed E-state index contributed by atoms with van der Waals surface area (Å²) in [6.07, 6.45) is 5.65. The van der Waals surface area contributed by atoms with Crippen molar-refractivity contribution in [3.05, 3.63) is 12.0 Å². The van der Waals surface area contributed by atoms with Crippen LogP contribution in [0.3, 0.4) is 0 Å². The predicted molar refractivity (Wildman–Crippen MR) is 78.8 cm³/mol. The second kappa shape index (κ2) is 5.46. The van der Waals surface area contributed by atoms with E-state index in [-0.39, 0.29) is 11.8 Å². The fraction of sp³-hybridized carbons (Fsp3) is 0.733. The number of anilines is 1. The molecule has 1 amide bonds. The van der Waals surface area contributed by atoms with Gasteiger partial charge in [0.05, 0.1) is 12.0 Å². The fourth-order valence-electron chi connectivity index (χ4n) is 3.19. The van der Waals surface area contributed by atoms with Gasteiger partial charge in [-0.3, -0.25) is 4.79 Å². The lowest BCUT2D eigenvalue weighted by Crippen LogP contribution is -2.50. The van der Waals surface area contributed by atoms with Crippen LogP contribution in [0.1, 0.15) is 32.4 Å². The lowest BCUT2D eigenvalue weighted by molar-refractivity contribution is -0.134. The second-order valence-corrected chi connectivity index (χ2v) is 6.13. The highest BCUT2D eigenvalue weighted by Gasteiger charge is 2.26. The average molecular weight is 276 g/mol. The zero-order chi connectivity index (χ0) is 14.1. The summed E-state index contributed by atoms with van der Waals surface area (Å²) in [5.74, 6) is 1.53. The van der Waals surface area contributed by atoms with Gasteiger partial charge in [0.2, 0.25) is 5.91 Å². The lowest BCUT2D eigenvalue weighted by Gasteiger charge is -2.36. The number of hydrogen-bond donors (Lipinski definition) is 0. The number of aromatic nitrogens is 2. The standard InChI is InChI=1S/C15H24N4O/c1-12(2)15(20)18-9-7-17(8-10-18)14-13-5-3-4-6-19(13)11-16-14/h11-12H,3-10H2,1-2H3. The van der Waals surface area contributed by atoms with Gasteiger partial charge >= 0.3 is 0 Å². The molecule has 1 saturated heterocycles. The molecular weight excluding hydrogens is 252 g/mol. The minimum absolute atomic E-state index is 0.0990. The van der Waals surface area contributed by atoms with Crippen molar-refractivity contribution in [1.29, 1.82) is 0 Å². The molecule has 0 saturated carbocycles. The number of imidazole rings is 1. The normalized spacial score (nSPS) is 19.4. The van der Waals surface area contributed by atoms with Crippen molar-refractivity contribution in [3.8, 4) is 0 Å². The fourth-order valence-corrected chi connectivity index (χ4v) is 3.19. The Hall–Kier alpha value is -1.52. The molecule has 0 bridgehead atoms. The Morgan fingerprint density at radius 2 is 1.90 bits per heavy atom. The molecule has 110 valence electrons. The van der Waals surface area contributed by atoms with Crippen LogP contribution in [0.15, 0.2) is 6.33 Å². The SMILES string of the molecule is CC(C)C(=O)N1CCN(c2ncn3c2CCCC3)CC1. The van der Waals surface area contributed by atoms with E-state index in [1.54, 1.807) is 0 Å². The van der Waals surface area contributed by atoms with Crippen LogP contribution >= 0.6 is 0 Å². The van der Waals surface area contributed by atoms with Gasteiger partial charge in [-0.25, -0.2) is 4.98 Å². The van der Waals surface area contributed by atoms with Crippen LogP contribution in [-0.2, 0) is 17.8 Å². The molecule has 5 heteroatoms. The number of piperazine rings is 1. The highest BCUT2D eigenvalue weighted by atomic mass is 16.2. The first-order valence-electron chi connectivity index (χ1n) is 7.74. The number of nitrogens with zero attached hydrogens (tertiary/aromatic N) is 4. The van der Waals surface area contributed by atoms with Gasteiger partial charge in [-0.15, -0.1) is 0 Å². The second-order valence-electron chi connectivity index (χ2n) is 6.13. The van der Waals surface area contributed by atoms with Gasteiger partial charge in [-0.1, -0.05) is 13.8 Å². The van der Waals surface area contributed by atoms with E-state index >= 15 is 0 Å². The Balaban J connectivity index is 1.66. The molecule has 0 aliphatic carbocycles. The van der Waals surface area contributed by atoms with E-state index in [0.717, 1.165) is 45.0 Å². The van der Waals surface area contributed by atoms with Crippen LogP contribution in [0.5, 0.6) is 0 Å². The first-order chi connectivity index (χ1) is 9.66. The van der Waals surface area contributed by atoms with E-state index in [4.69, 9.17) is 0 Å². The molecule has 0 radical (unpaired) electrons. The summed E-state index contributed by atoms with van der Waals surface area (Å²) >= 11 is 0. The number of amides is 1. The van der Waals surface area contributed by atoms with Crippen molar-refractivity contribution in [1.82, 2.24) is 14.5 Å². The summed E-state index contributed by atoms with van der Waals surface area (Å²) in [4.78, 5) is 21.0. The summed E-state index contributed by atoms with van der Waals surface area (Å²) in [6, 6.07) is 0. The molecule has 20 heavy (non-hydrogen) atoms. The first kappa shape index (κ1) is 13.5. The first-order valence-corrected chi connectivity index (χ1v) is 7.74. The van der Waals surface area contributed by atoms with Crippen molar-refractivity contribution in [2.75, 3.05) is 31.1 Å². The predicted octanol–water partition coefficient (Wildman–Crippen LogP) is 1.52. The number of carbonyl (C=O) groups excluding carboxylic acids is 1. The smallest absolute Gasteiger partial charge is 0.225 e. The number of fused-ring (bicyclic) bond motifs is 1. The summed E-state index contributed by atoms with van der Waals surface area (Å²) in [5.41, 5.74) is 1.39. The monoisotopic (exact) mass is 276 g/mol. The maximum Gasteiger partial charge on any atom is 0.225 e. The van der Waals surface area contributed by atoms with Crippen LogP contribution in [-0.4, -0.2) is 46.5 Å². The van der Waals surface area contributed by atoms with Gasteiger partial charge in [-0.05, 0) is 19.3 Å². The molecule has 1 aromatic heterocycles. The van der Waals surface area contributed by atoms with E-state index in [9.17, 15) is 4.79 Å². The van der Waals surface area contributed by atoms with Crippen molar-refractivity contribution < 1.29 is 4.79 Å². The van der Waals surface area contributed by atoms with Crippen LogP contribution in [0.4, 0.5) is 5.82 Å². The summed E-state index contributed by atoms with van der Waals surface area (Å²) in [5, 5.41) is 0. The maximum absolute atomic E-state index is 12.0. The number of aryl methyl sites for hydroxylation is 1. The third kappa shape index (κ3) is 2.41. The molecule has 0 N–H and O–H groups in total. The Morgan fingerprint density at radius 1 is 1.15 bits per heavy atom. The van der Waals surface area contributed by atoms with Gasteiger partial charge in [0, 0.05) is 38.6 Å². The van der Waals surface area contributed by atoms with Gasteiger partial charge < -0.3 is 14.4 Å². The molecule has 1 fully saturated rings. The van der Waals surface area contributed by atoms with Gasteiger partial charge in [-0.2, -0.15) is 0 Å². The van der Waals surface area contributed by atoms with E-state index in [0.29, 0.717) is 0 Å². The molecule has 0 spiro atoms. The van der Waals surface area contributed by atoms with Crippen LogP contribution < -0.4 is 4.90 Å². The van der Waals surface area contributed by atoms with Gasteiger partial charge in [0.15, 0.2) is 0 Å². The highest BCUT2D eigenvalue weighted by molar-refractivity contribution is 5.78. The Labute approximate surface area is 120 Å². The summed E-state index contributed by atoms with van der Waals surface area (Å²) < 4.78 is 2.30. The molecule has 0 unspecified atom stereocenters. The van der Waals surface area contributed by atoms with Crippen molar-refractivity contribution in [2.45, 2.75) is 39.7 Å². The van der Waals surface area contributed by atoms with E-state index in [1.165, 1.54) is 18.5 Å². The molecule has 1 aromatic rings. The van der Waals surface area contributed by atoms with Gasteiger partial charge in [0.25, 0.3) is 0 Å². The topological polar surface area (TPSA) is 41.4 Å². The molecule has 2 aliphatic rings. The minimum Gasteiger partial charge on any atom is -0.352 e. The van der Waals surface area contributed by atoms with E-state index < -0.39 is 0 Å². The van der Waals surface area contributed by atoms with Crippen LogP contribution in [0.2, 0.25) is 0 Å². The Morgan fingerprint density at radius 3 is 2.60 bits per heavy atom. The molecule has 0 atom stereocenters. The number of carbonyl (C=O) groups is 1. The third-order valence-corrected chi connectivity index (χ3v) is 4.37. The quantitative estimate of drug-likeness (QED) is 0.822. The average Bonchev–Trinajstić information content (AvgIpc) is 2.90. The third-order valence-electron chi connectivity index (χ3n) is 4.37. The highest BCUT2D eigenvalue weighted by Crippen LogP contribution is 2.25. The molecule has 0 aromatic carbocycles. The zero-order valence-electron chi connectivity index (χ0n) is 12.5. The number of rotatable bonds is 2. The van der Waals surface area contributed by atoms with Crippen molar-refractivity contribution >= 4 is 11.7 Å². The van der Waals surface area contributed by atoms with Crippen molar-refractivity contribution in [3.63, 3.8) is 0 Å². The Bertz CT molecular complexity index is 486. The Kier molecular flexibility index (Phi) is 3.68. The van der Waals surface area contributed by atoms with Crippen molar-refractivity contribution in [2.24, 2.45) is 5.92 Å². The summed E-state index contributed by atoms with van der Waals surface area (Å²) in [6.45, 7) is 8.51.